The van der Waals surface area contributed by atoms with Gasteiger partial charge in [0.2, 0.25) is 0 Å². The zero-order valence-electron chi connectivity index (χ0n) is 13.5. The molecule has 3 rings (SSSR count). The summed E-state index contributed by atoms with van der Waals surface area (Å²) in [6.45, 7) is 4.47. The second-order valence-corrected chi connectivity index (χ2v) is 5.80. The zero-order chi connectivity index (χ0) is 16.1. The number of ether oxygens (including phenoxy) is 1. The predicted molar refractivity (Wildman–Crippen MR) is 88.0 cm³/mol. The molecule has 1 fully saturated rings. The van der Waals surface area contributed by atoms with Crippen molar-refractivity contribution >= 4 is 0 Å². The lowest BCUT2D eigenvalue weighted by Gasteiger charge is -2.24. The summed E-state index contributed by atoms with van der Waals surface area (Å²) in [5.41, 5.74) is 3.13. The highest BCUT2D eigenvalue weighted by Gasteiger charge is 2.27. The SMILES string of the molecule is CCOc1ccc(CN2CCC[C@@H]2c2ccncn2)cc1CO. The first-order valence-corrected chi connectivity index (χ1v) is 8.17. The van der Waals surface area contributed by atoms with Crippen molar-refractivity contribution in [3.8, 4) is 5.75 Å². The van der Waals surface area contributed by atoms with Gasteiger partial charge in [-0.25, -0.2) is 9.97 Å². The van der Waals surface area contributed by atoms with Gasteiger partial charge in [-0.3, -0.25) is 4.90 Å². The molecule has 2 aromatic rings. The second kappa shape index (κ2) is 7.53. The fourth-order valence-corrected chi connectivity index (χ4v) is 3.23. The van der Waals surface area contributed by atoms with Crippen LogP contribution in [-0.2, 0) is 13.2 Å². The molecule has 5 heteroatoms. The molecule has 0 amide bonds. The molecule has 23 heavy (non-hydrogen) atoms. The predicted octanol–water partition coefficient (Wildman–Crippen LogP) is 2.70. The molecule has 1 aliphatic heterocycles. The molecule has 0 spiro atoms. The molecule has 1 aromatic carbocycles. The van der Waals surface area contributed by atoms with Crippen LogP contribution in [0.5, 0.6) is 5.75 Å². The molecular weight excluding hydrogens is 290 g/mol. The van der Waals surface area contributed by atoms with E-state index in [-0.39, 0.29) is 6.61 Å². The molecule has 0 saturated carbocycles. The number of hydrogen-bond acceptors (Lipinski definition) is 5. The molecule has 0 aliphatic carbocycles. The Labute approximate surface area is 137 Å². The Morgan fingerprint density at radius 2 is 2.26 bits per heavy atom. The van der Waals surface area contributed by atoms with Gasteiger partial charge in [0.25, 0.3) is 0 Å². The van der Waals surface area contributed by atoms with Crippen LogP contribution in [0.4, 0.5) is 0 Å². The molecule has 1 N–H and O–H groups in total. The number of aromatic nitrogens is 2. The summed E-state index contributed by atoms with van der Waals surface area (Å²) in [4.78, 5) is 10.9. The maximum atomic E-state index is 9.55. The van der Waals surface area contributed by atoms with Crippen molar-refractivity contribution in [2.75, 3.05) is 13.2 Å². The number of hydrogen-bond donors (Lipinski definition) is 1. The van der Waals surface area contributed by atoms with Crippen LogP contribution in [0.2, 0.25) is 0 Å². The maximum Gasteiger partial charge on any atom is 0.124 e. The van der Waals surface area contributed by atoms with Crippen molar-refractivity contribution in [3.05, 3.63) is 53.6 Å². The van der Waals surface area contributed by atoms with Crippen LogP contribution in [0.25, 0.3) is 0 Å². The lowest BCUT2D eigenvalue weighted by atomic mass is 10.1. The number of likely N-dealkylation sites (tertiary alicyclic amines) is 1. The van der Waals surface area contributed by atoms with E-state index < -0.39 is 0 Å². The molecule has 1 saturated heterocycles. The van der Waals surface area contributed by atoms with E-state index >= 15 is 0 Å². The van der Waals surface area contributed by atoms with Gasteiger partial charge in [-0.1, -0.05) is 6.07 Å². The Kier molecular flexibility index (Phi) is 5.20. The smallest absolute Gasteiger partial charge is 0.124 e. The molecule has 122 valence electrons. The summed E-state index contributed by atoms with van der Waals surface area (Å²) >= 11 is 0. The molecule has 0 bridgehead atoms. The van der Waals surface area contributed by atoms with E-state index in [4.69, 9.17) is 4.74 Å². The normalized spacial score (nSPS) is 18.3. The first-order chi connectivity index (χ1) is 11.3. The van der Waals surface area contributed by atoms with E-state index in [0.29, 0.717) is 12.6 Å². The van der Waals surface area contributed by atoms with Crippen LogP contribution in [-0.4, -0.2) is 33.1 Å². The average Bonchev–Trinajstić information content (AvgIpc) is 3.05. The largest absolute Gasteiger partial charge is 0.494 e. The fourth-order valence-electron chi connectivity index (χ4n) is 3.23. The number of benzene rings is 1. The Morgan fingerprint density at radius 3 is 3.00 bits per heavy atom. The van der Waals surface area contributed by atoms with Gasteiger partial charge in [0, 0.05) is 18.3 Å². The Hall–Kier alpha value is -1.98. The monoisotopic (exact) mass is 313 g/mol. The molecular formula is C18H23N3O2. The van der Waals surface area contributed by atoms with Gasteiger partial charge in [-0.2, -0.15) is 0 Å². The summed E-state index contributed by atoms with van der Waals surface area (Å²) in [6, 6.07) is 8.43. The van der Waals surface area contributed by atoms with Gasteiger partial charge < -0.3 is 9.84 Å². The van der Waals surface area contributed by atoms with E-state index in [0.717, 1.165) is 36.5 Å². The quantitative estimate of drug-likeness (QED) is 0.888. The van der Waals surface area contributed by atoms with Crippen molar-refractivity contribution in [1.82, 2.24) is 14.9 Å². The Morgan fingerprint density at radius 1 is 1.35 bits per heavy atom. The van der Waals surface area contributed by atoms with E-state index in [1.54, 1.807) is 12.5 Å². The molecule has 1 aromatic heterocycles. The van der Waals surface area contributed by atoms with E-state index in [1.807, 2.05) is 25.1 Å². The summed E-state index contributed by atoms with van der Waals surface area (Å²) in [5, 5.41) is 9.55. The van der Waals surface area contributed by atoms with Crippen LogP contribution in [0.1, 0.15) is 42.6 Å². The molecule has 1 aliphatic rings. The molecule has 0 unspecified atom stereocenters. The van der Waals surface area contributed by atoms with Gasteiger partial charge in [0.15, 0.2) is 0 Å². The fraction of sp³-hybridized carbons (Fsp3) is 0.444. The molecule has 0 radical (unpaired) electrons. The van der Waals surface area contributed by atoms with Crippen LogP contribution in [0, 0.1) is 0 Å². The Balaban J connectivity index is 1.75. The minimum atomic E-state index is -0.00148. The standard InChI is InChI=1S/C18H23N3O2/c1-2-23-18-6-5-14(10-15(18)12-22)11-21-9-3-4-17(21)16-7-8-19-13-20-16/h5-8,10,13,17,22H,2-4,9,11-12H2,1H3/t17-/m1/s1. The van der Waals surface area contributed by atoms with Crippen molar-refractivity contribution in [2.45, 2.75) is 39.0 Å². The molecule has 1 atom stereocenters. The number of aliphatic hydroxyl groups excluding tert-OH is 1. The lowest BCUT2D eigenvalue weighted by Crippen LogP contribution is -2.23. The van der Waals surface area contributed by atoms with Gasteiger partial charge in [-0.15, -0.1) is 0 Å². The first kappa shape index (κ1) is 15.9. The maximum absolute atomic E-state index is 9.55. The number of rotatable bonds is 6. The lowest BCUT2D eigenvalue weighted by molar-refractivity contribution is 0.242. The summed E-state index contributed by atoms with van der Waals surface area (Å²) in [6.07, 6.45) is 5.73. The second-order valence-electron chi connectivity index (χ2n) is 5.80. The van der Waals surface area contributed by atoms with Gasteiger partial charge in [-0.05, 0) is 50.1 Å². The third-order valence-corrected chi connectivity index (χ3v) is 4.29. The van der Waals surface area contributed by atoms with Gasteiger partial charge in [0.05, 0.1) is 24.9 Å². The van der Waals surface area contributed by atoms with Gasteiger partial charge in [0.1, 0.15) is 12.1 Å². The minimum Gasteiger partial charge on any atom is -0.494 e. The van der Waals surface area contributed by atoms with E-state index in [2.05, 4.69) is 20.9 Å². The van der Waals surface area contributed by atoms with E-state index in [1.165, 1.54) is 12.0 Å². The average molecular weight is 313 g/mol. The van der Waals surface area contributed by atoms with E-state index in [9.17, 15) is 5.11 Å². The van der Waals surface area contributed by atoms with Crippen molar-refractivity contribution < 1.29 is 9.84 Å². The van der Waals surface area contributed by atoms with Crippen LogP contribution in [0.3, 0.4) is 0 Å². The third kappa shape index (κ3) is 3.68. The van der Waals surface area contributed by atoms with Gasteiger partial charge >= 0.3 is 0 Å². The summed E-state index contributed by atoms with van der Waals surface area (Å²) in [7, 11) is 0. The number of nitrogens with zero attached hydrogens (tertiary/aromatic N) is 3. The number of aliphatic hydroxyl groups is 1. The topological polar surface area (TPSA) is 58.5 Å². The first-order valence-electron chi connectivity index (χ1n) is 8.17. The summed E-state index contributed by atoms with van der Waals surface area (Å²) < 4.78 is 5.55. The highest BCUT2D eigenvalue weighted by atomic mass is 16.5. The highest BCUT2D eigenvalue weighted by Crippen LogP contribution is 2.32. The van der Waals surface area contributed by atoms with Crippen molar-refractivity contribution in [3.63, 3.8) is 0 Å². The highest BCUT2D eigenvalue weighted by molar-refractivity contribution is 5.37. The van der Waals surface area contributed by atoms with Crippen LogP contribution >= 0.6 is 0 Å². The van der Waals surface area contributed by atoms with Crippen molar-refractivity contribution in [1.29, 1.82) is 0 Å². The summed E-state index contributed by atoms with van der Waals surface area (Å²) in [5.74, 6) is 0.771. The zero-order valence-corrected chi connectivity index (χ0v) is 13.5. The third-order valence-electron chi connectivity index (χ3n) is 4.29. The molecule has 5 nitrogen and oxygen atoms in total. The molecule has 2 heterocycles. The minimum absolute atomic E-state index is 0.00148. The van der Waals surface area contributed by atoms with Crippen LogP contribution in [0.15, 0.2) is 36.8 Å². The van der Waals surface area contributed by atoms with Crippen molar-refractivity contribution in [2.24, 2.45) is 0 Å². The van der Waals surface area contributed by atoms with Crippen LogP contribution < -0.4 is 4.74 Å². The Bertz CT molecular complexity index is 633.